The van der Waals surface area contributed by atoms with Gasteiger partial charge >= 0.3 is 103 Å². The van der Waals surface area contributed by atoms with Crippen LogP contribution in [0.25, 0.3) is 0 Å². The molecule has 2 aliphatic rings. The van der Waals surface area contributed by atoms with E-state index in [1.54, 1.807) is 25.7 Å². The van der Waals surface area contributed by atoms with E-state index in [0.717, 1.165) is 8.25 Å². The van der Waals surface area contributed by atoms with E-state index in [1.807, 2.05) is 0 Å². The first-order valence-corrected chi connectivity index (χ1v) is 8.38. The fraction of sp³-hybridized carbons (Fsp3) is 1.00. The quantitative estimate of drug-likeness (QED) is 0.626. The summed E-state index contributed by atoms with van der Waals surface area (Å²) in [6.07, 6.45) is 15.4. The van der Waals surface area contributed by atoms with Crippen molar-refractivity contribution in [1.29, 1.82) is 0 Å². The number of rotatable bonds is 4. The molecule has 0 heterocycles. The van der Waals surface area contributed by atoms with E-state index >= 15 is 0 Å². The molecule has 0 spiro atoms. The van der Waals surface area contributed by atoms with Crippen molar-refractivity contribution in [2.24, 2.45) is 0 Å². The van der Waals surface area contributed by atoms with Gasteiger partial charge in [0.2, 0.25) is 0 Å². The summed E-state index contributed by atoms with van der Waals surface area (Å²) in [4.78, 5) is 0. The summed E-state index contributed by atoms with van der Waals surface area (Å²) >= 11 is 0.609. The van der Waals surface area contributed by atoms with Gasteiger partial charge in [0.05, 0.1) is 0 Å². The van der Waals surface area contributed by atoms with E-state index in [9.17, 15) is 0 Å². The first-order chi connectivity index (χ1) is 7.24. The van der Waals surface area contributed by atoms with Gasteiger partial charge in [0.1, 0.15) is 0 Å². The van der Waals surface area contributed by atoms with Crippen LogP contribution in [0.15, 0.2) is 0 Å². The summed E-state index contributed by atoms with van der Waals surface area (Å²) < 4.78 is 1.72. The average Bonchev–Trinajstić information content (AvgIpc) is 2.89. The van der Waals surface area contributed by atoms with E-state index in [0.29, 0.717) is 16.3 Å². The molecule has 2 aliphatic carbocycles. The molecule has 2 fully saturated rings. The average molecular weight is 245 g/mol. The molecule has 15 heavy (non-hydrogen) atoms. The van der Waals surface area contributed by atoms with Crippen molar-refractivity contribution in [3.63, 3.8) is 0 Å². The minimum atomic E-state index is 0.609. The Bertz CT molecular complexity index is 175. The van der Waals surface area contributed by atoms with Crippen molar-refractivity contribution in [3.8, 4) is 0 Å². The van der Waals surface area contributed by atoms with Crippen molar-refractivity contribution in [3.05, 3.63) is 0 Å². The summed E-state index contributed by atoms with van der Waals surface area (Å²) in [6.45, 7) is 4.92. The second-order valence-corrected chi connectivity index (χ2v) is 8.99. The molecule has 0 bridgehead atoms. The zero-order valence-corrected chi connectivity index (χ0v) is 11.9. The van der Waals surface area contributed by atoms with Gasteiger partial charge in [0.25, 0.3) is 0 Å². The molecule has 0 aromatic heterocycles. The van der Waals surface area contributed by atoms with Crippen LogP contribution in [0.5, 0.6) is 0 Å². The van der Waals surface area contributed by atoms with E-state index in [4.69, 9.17) is 0 Å². The third-order valence-electron chi connectivity index (χ3n) is 4.86. The van der Waals surface area contributed by atoms with Crippen LogP contribution >= 0.6 is 0 Å². The Morgan fingerprint density at radius 1 is 0.733 bits per heavy atom. The molecule has 0 aliphatic heterocycles. The maximum atomic E-state index is 2.46. The summed E-state index contributed by atoms with van der Waals surface area (Å²) in [5, 5.41) is 0. The van der Waals surface area contributed by atoms with Crippen LogP contribution in [-0.4, -0.2) is 0 Å². The molecule has 0 aromatic rings. The molecule has 2 saturated carbocycles. The van der Waals surface area contributed by atoms with Gasteiger partial charge in [-0.1, -0.05) is 0 Å². The minimum absolute atomic E-state index is 0.609. The van der Waals surface area contributed by atoms with Crippen LogP contribution in [0.4, 0.5) is 0 Å². The van der Waals surface area contributed by atoms with Crippen LogP contribution < -0.4 is 0 Å². The van der Waals surface area contributed by atoms with Crippen molar-refractivity contribution < 1.29 is 16.3 Å². The Balaban J connectivity index is 2.04. The summed E-state index contributed by atoms with van der Waals surface area (Å²) in [6, 6.07) is 0. The molecule has 0 N–H and O–H groups in total. The molecule has 0 saturated heterocycles. The van der Waals surface area contributed by atoms with Gasteiger partial charge in [0, 0.05) is 0 Å². The predicted octanol–water partition coefficient (Wildman–Crippen LogP) is 5.35. The Labute approximate surface area is 103 Å². The Hall–Kier alpha value is 0.584. The second-order valence-electron chi connectivity index (χ2n) is 5.68. The SMILES string of the molecule is CC[C]1([V][C]2(CC)CCCC2)CCCC1. The van der Waals surface area contributed by atoms with E-state index in [2.05, 4.69) is 13.8 Å². The topological polar surface area (TPSA) is 0 Å². The summed E-state index contributed by atoms with van der Waals surface area (Å²) in [5.74, 6) is 0. The molecule has 0 unspecified atom stereocenters. The third-order valence-corrected chi connectivity index (χ3v) is 8.72. The molecule has 0 amide bonds. The standard InChI is InChI=1S/2C7H13.V/c2*1-2-7-5-3-4-6-7;/h2*2-6H2,1H3;. The van der Waals surface area contributed by atoms with Gasteiger partial charge in [-0.25, -0.2) is 0 Å². The number of hydrogen-bond donors (Lipinski definition) is 0. The van der Waals surface area contributed by atoms with Crippen molar-refractivity contribution in [2.45, 2.75) is 86.3 Å². The Kier molecular flexibility index (Phi) is 3.89. The van der Waals surface area contributed by atoms with Crippen LogP contribution in [-0.2, 0) is 16.3 Å². The molecule has 2 rings (SSSR count). The third kappa shape index (κ3) is 2.47. The molecule has 0 atom stereocenters. The molecular weight excluding hydrogens is 219 g/mol. The van der Waals surface area contributed by atoms with Crippen LogP contribution in [0.1, 0.15) is 78.1 Å². The first kappa shape index (κ1) is 12.1. The Morgan fingerprint density at radius 3 is 1.33 bits per heavy atom. The fourth-order valence-electron chi connectivity index (χ4n) is 3.66. The molecule has 0 radical (unpaired) electrons. The van der Waals surface area contributed by atoms with Crippen molar-refractivity contribution >= 4 is 0 Å². The predicted molar refractivity (Wildman–Crippen MR) is 62.9 cm³/mol. The fourth-order valence-corrected chi connectivity index (χ4v) is 7.41. The molecule has 0 nitrogen and oxygen atoms in total. The zero-order valence-electron chi connectivity index (χ0n) is 10.5. The Morgan fingerprint density at radius 2 is 1.07 bits per heavy atom. The number of hydrogen-bond acceptors (Lipinski definition) is 0. The van der Waals surface area contributed by atoms with Gasteiger partial charge in [-0.15, -0.1) is 0 Å². The molecule has 0 aromatic carbocycles. The van der Waals surface area contributed by atoms with Crippen LogP contribution in [0.2, 0.25) is 8.25 Å². The van der Waals surface area contributed by atoms with Crippen LogP contribution in [0.3, 0.4) is 0 Å². The van der Waals surface area contributed by atoms with Gasteiger partial charge in [-0.05, 0) is 0 Å². The van der Waals surface area contributed by atoms with Gasteiger partial charge in [-0.2, -0.15) is 0 Å². The molecule has 87 valence electrons. The molecule has 1 heteroatoms. The summed E-state index contributed by atoms with van der Waals surface area (Å²) in [7, 11) is 0. The van der Waals surface area contributed by atoms with Crippen molar-refractivity contribution in [1.82, 2.24) is 0 Å². The van der Waals surface area contributed by atoms with E-state index in [-0.39, 0.29) is 0 Å². The first-order valence-electron chi connectivity index (χ1n) is 6.98. The van der Waals surface area contributed by atoms with Crippen LogP contribution in [0, 0.1) is 0 Å². The van der Waals surface area contributed by atoms with Gasteiger partial charge in [-0.3, -0.25) is 0 Å². The summed E-state index contributed by atoms with van der Waals surface area (Å²) in [5.41, 5.74) is 0. The zero-order chi connectivity index (χ0) is 10.8. The van der Waals surface area contributed by atoms with Gasteiger partial charge < -0.3 is 0 Å². The van der Waals surface area contributed by atoms with Gasteiger partial charge in [0.15, 0.2) is 0 Å². The second kappa shape index (κ2) is 4.84. The van der Waals surface area contributed by atoms with E-state index < -0.39 is 0 Å². The normalized spacial score (nSPS) is 28.1. The van der Waals surface area contributed by atoms with E-state index in [1.165, 1.54) is 38.5 Å². The molecular formula is C14H26V. The monoisotopic (exact) mass is 245 g/mol. The maximum absolute atomic E-state index is 2.46. The van der Waals surface area contributed by atoms with Crippen molar-refractivity contribution in [2.75, 3.05) is 0 Å².